The lowest BCUT2D eigenvalue weighted by Gasteiger charge is -2.11. The van der Waals surface area contributed by atoms with E-state index < -0.39 is 0 Å². The van der Waals surface area contributed by atoms with Gasteiger partial charge in [0.2, 0.25) is 0 Å². The first-order chi connectivity index (χ1) is 12.9. The Morgan fingerprint density at radius 2 is 1.54 bits per heavy atom. The number of fused-ring (bicyclic) bond motifs is 1. The van der Waals surface area contributed by atoms with Crippen LogP contribution in [0.25, 0.3) is 10.9 Å². The Kier molecular flexibility index (Phi) is 7.21. The first-order valence-corrected chi connectivity index (χ1v) is 9.98. The van der Waals surface area contributed by atoms with Crippen LogP contribution in [-0.2, 0) is 19.4 Å². The summed E-state index contributed by atoms with van der Waals surface area (Å²) in [5, 5.41) is 4.74. The van der Waals surface area contributed by atoms with Gasteiger partial charge in [0, 0.05) is 18.1 Å². The molecule has 1 heterocycles. The third-order valence-corrected chi connectivity index (χ3v) is 5.01. The first kappa shape index (κ1) is 18.6. The Balaban J connectivity index is 1.51. The molecular formula is C24H30N2. The second kappa shape index (κ2) is 10.1. The Bertz CT molecular complexity index is 796. The van der Waals surface area contributed by atoms with Crippen LogP contribution in [0.4, 0.5) is 0 Å². The second-order valence-corrected chi connectivity index (χ2v) is 6.96. The highest BCUT2D eigenvalue weighted by Gasteiger charge is 2.06. The van der Waals surface area contributed by atoms with Crippen molar-refractivity contribution < 1.29 is 0 Å². The molecule has 0 saturated heterocycles. The number of rotatable bonds is 10. The molecule has 2 heteroatoms. The fourth-order valence-electron chi connectivity index (χ4n) is 3.55. The Hall–Kier alpha value is -2.19. The highest BCUT2D eigenvalue weighted by atomic mass is 14.8. The molecule has 0 amide bonds. The summed E-state index contributed by atoms with van der Waals surface area (Å²) in [7, 11) is 0. The van der Waals surface area contributed by atoms with Gasteiger partial charge in [-0.1, -0.05) is 68.3 Å². The normalized spacial score (nSPS) is 11.1. The SMILES string of the molecule is CCNCc1ccc(CCCCCCc2ccccc2)c2cccnc12. The van der Waals surface area contributed by atoms with Crippen LogP contribution in [0.1, 0.15) is 49.3 Å². The molecule has 1 aromatic heterocycles. The summed E-state index contributed by atoms with van der Waals surface area (Å²) in [5.74, 6) is 0. The quantitative estimate of drug-likeness (QED) is 0.477. The highest BCUT2D eigenvalue weighted by molar-refractivity contribution is 5.85. The molecule has 0 aliphatic heterocycles. The van der Waals surface area contributed by atoms with Crippen LogP contribution in [-0.4, -0.2) is 11.5 Å². The molecule has 3 aromatic rings. The van der Waals surface area contributed by atoms with Crippen molar-refractivity contribution in [3.63, 3.8) is 0 Å². The van der Waals surface area contributed by atoms with Crippen LogP contribution >= 0.6 is 0 Å². The lowest BCUT2D eigenvalue weighted by molar-refractivity contribution is 0.641. The van der Waals surface area contributed by atoms with Crippen LogP contribution in [0.5, 0.6) is 0 Å². The molecule has 0 radical (unpaired) electrons. The summed E-state index contributed by atoms with van der Waals surface area (Å²) in [4.78, 5) is 4.65. The maximum absolute atomic E-state index is 4.65. The maximum Gasteiger partial charge on any atom is 0.0749 e. The van der Waals surface area contributed by atoms with E-state index in [0.717, 1.165) is 25.0 Å². The Morgan fingerprint density at radius 1 is 0.769 bits per heavy atom. The predicted molar refractivity (Wildman–Crippen MR) is 111 cm³/mol. The molecule has 1 N–H and O–H groups in total. The fraction of sp³-hybridized carbons (Fsp3) is 0.375. The average molecular weight is 347 g/mol. The summed E-state index contributed by atoms with van der Waals surface area (Å²) in [6, 6.07) is 19.7. The number of aryl methyl sites for hydroxylation is 2. The van der Waals surface area contributed by atoms with Gasteiger partial charge in [0.15, 0.2) is 0 Å². The molecule has 0 aliphatic rings. The minimum Gasteiger partial charge on any atom is -0.313 e. The topological polar surface area (TPSA) is 24.9 Å². The highest BCUT2D eigenvalue weighted by Crippen LogP contribution is 2.23. The number of unbranched alkanes of at least 4 members (excludes halogenated alkanes) is 3. The van der Waals surface area contributed by atoms with E-state index in [1.54, 1.807) is 0 Å². The molecule has 2 aromatic carbocycles. The van der Waals surface area contributed by atoms with E-state index in [0.29, 0.717) is 0 Å². The van der Waals surface area contributed by atoms with E-state index in [9.17, 15) is 0 Å². The number of pyridine rings is 1. The molecule has 0 spiro atoms. The average Bonchev–Trinajstić information content (AvgIpc) is 2.70. The summed E-state index contributed by atoms with van der Waals surface area (Å²) >= 11 is 0. The molecular weight excluding hydrogens is 316 g/mol. The lowest BCUT2D eigenvalue weighted by atomic mass is 9.98. The Morgan fingerprint density at radius 3 is 2.35 bits per heavy atom. The van der Waals surface area contributed by atoms with Gasteiger partial charge in [0.1, 0.15) is 0 Å². The number of aromatic nitrogens is 1. The zero-order valence-corrected chi connectivity index (χ0v) is 15.9. The van der Waals surface area contributed by atoms with E-state index in [-0.39, 0.29) is 0 Å². The number of benzene rings is 2. The van der Waals surface area contributed by atoms with Crippen molar-refractivity contribution in [1.29, 1.82) is 0 Å². The van der Waals surface area contributed by atoms with Crippen molar-refractivity contribution in [2.75, 3.05) is 6.54 Å². The van der Waals surface area contributed by atoms with Crippen molar-refractivity contribution >= 4 is 10.9 Å². The monoisotopic (exact) mass is 346 g/mol. The maximum atomic E-state index is 4.65. The number of nitrogens with zero attached hydrogens (tertiary/aromatic N) is 1. The van der Waals surface area contributed by atoms with Gasteiger partial charge in [-0.3, -0.25) is 4.98 Å². The summed E-state index contributed by atoms with van der Waals surface area (Å²) in [5.41, 5.74) is 5.36. The van der Waals surface area contributed by atoms with Crippen molar-refractivity contribution in [2.24, 2.45) is 0 Å². The van der Waals surface area contributed by atoms with Crippen LogP contribution in [0.2, 0.25) is 0 Å². The van der Waals surface area contributed by atoms with Crippen LogP contribution in [0.15, 0.2) is 60.8 Å². The molecule has 0 fully saturated rings. The molecule has 0 atom stereocenters. The molecule has 0 bridgehead atoms. The van der Waals surface area contributed by atoms with Gasteiger partial charge in [0.05, 0.1) is 5.52 Å². The minimum atomic E-state index is 0.893. The van der Waals surface area contributed by atoms with Crippen molar-refractivity contribution in [3.05, 3.63) is 77.5 Å². The fourth-order valence-corrected chi connectivity index (χ4v) is 3.55. The van der Waals surface area contributed by atoms with Crippen molar-refractivity contribution in [1.82, 2.24) is 10.3 Å². The summed E-state index contributed by atoms with van der Waals surface area (Å²) < 4.78 is 0. The number of hydrogen-bond donors (Lipinski definition) is 1. The van der Waals surface area contributed by atoms with E-state index >= 15 is 0 Å². The van der Waals surface area contributed by atoms with Gasteiger partial charge >= 0.3 is 0 Å². The van der Waals surface area contributed by atoms with Gasteiger partial charge in [-0.25, -0.2) is 0 Å². The van der Waals surface area contributed by atoms with Gasteiger partial charge in [-0.2, -0.15) is 0 Å². The van der Waals surface area contributed by atoms with Crippen molar-refractivity contribution in [3.8, 4) is 0 Å². The number of nitrogens with one attached hydrogen (secondary N) is 1. The van der Waals surface area contributed by atoms with Gasteiger partial charge in [-0.15, -0.1) is 0 Å². The zero-order valence-electron chi connectivity index (χ0n) is 15.9. The van der Waals surface area contributed by atoms with Crippen LogP contribution in [0, 0.1) is 0 Å². The molecule has 0 aliphatic carbocycles. The first-order valence-electron chi connectivity index (χ1n) is 9.98. The third-order valence-electron chi connectivity index (χ3n) is 5.01. The van der Waals surface area contributed by atoms with Gasteiger partial charge in [0.25, 0.3) is 0 Å². The molecule has 0 saturated carbocycles. The van der Waals surface area contributed by atoms with Crippen LogP contribution < -0.4 is 5.32 Å². The largest absolute Gasteiger partial charge is 0.313 e. The number of hydrogen-bond acceptors (Lipinski definition) is 2. The van der Waals surface area contributed by atoms with Gasteiger partial charge < -0.3 is 5.32 Å². The van der Waals surface area contributed by atoms with Gasteiger partial charge in [-0.05, 0) is 55.0 Å². The van der Waals surface area contributed by atoms with Crippen molar-refractivity contribution in [2.45, 2.75) is 52.0 Å². The summed E-state index contributed by atoms with van der Waals surface area (Å²) in [6.07, 6.45) is 9.41. The predicted octanol–water partition coefficient (Wildman–Crippen LogP) is 5.69. The second-order valence-electron chi connectivity index (χ2n) is 6.96. The van der Waals surface area contributed by atoms with E-state index in [1.807, 2.05) is 6.20 Å². The standard InChI is InChI=1S/C24H30N2/c1-2-25-19-22-17-16-21(23-15-10-18-26-24(22)23)14-9-4-3-6-11-20-12-7-5-8-13-20/h5,7-8,10,12-13,15-18,25H,2-4,6,9,11,14,19H2,1H3. The molecule has 26 heavy (non-hydrogen) atoms. The van der Waals surface area contributed by atoms with E-state index in [1.165, 1.54) is 54.2 Å². The van der Waals surface area contributed by atoms with E-state index in [2.05, 4.69) is 71.8 Å². The van der Waals surface area contributed by atoms with Crippen LogP contribution in [0.3, 0.4) is 0 Å². The molecule has 0 unspecified atom stereocenters. The summed E-state index contributed by atoms with van der Waals surface area (Å²) in [6.45, 7) is 4.02. The van der Waals surface area contributed by atoms with E-state index in [4.69, 9.17) is 0 Å². The zero-order chi connectivity index (χ0) is 18.0. The Labute approximate surface area is 157 Å². The minimum absolute atomic E-state index is 0.893. The third kappa shape index (κ3) is 5.15. The molecule has 2 nitrogen and oxygen atoms in total. The molecule has 136 valence electrons. The smallest absolute Gasteiger partial charge is 0.0749 e. The molecule has 3 rings (SSSR count). The lowest BCUT2D eigenvalue weighted by Crippen LogP contribution is -2.12.